The number of benzene rings is 1. The topological polar surface area (TPSA) is 46.2 Å². The molecule has 0 aliphatic heterocycles. The molecule has 0 saturated heterocycles. The number of hydrogen-bond acceptors (Lipinski definition) is 2. The quantitative estimate of drug-likeness (QED) is 0.930. The van der Waals surface area contributed by atoms with Gasteiger partial charge in [0, 0.05) is 29.9 Å². The third-order valence-electron chi connectivity index (χ3n) is 4.83. The van der Waals surface area contributed by atoms with Gasteiger partial charge in [0.1, 0.15) is 11.6 Å². The summed E-state index contributed by atoms with van der Waals surface area (Å²) < 4.78 is 13.5. The Morgan fingerprint density at radius 1 is 1.19 bits per heavy atom. The zero-order chi connectivity index (χ0) is 14.8. The second-order valence-electron chi connectivity index (χ2n) is 6.20. The molecule has 0 aromatic heterocycles. The van der Waals surface area contributed by atoms with Crippen molar-refractivity contribution in [2.75, 3.05) is 0 Å². The Kier molecular flexibility index (Phi) is 4.04. The van der Waals surface area contributed by atoms with E-state index in [0.29, 0.717) is 24.2 Å². The SMILES string of the molecule is O=C(NCc1ccccc1F)C1C[C@H]2CCC[C@H](C1)C2=O. The molecule has 2 bridgehead atoms. The Balaban J connectivity index is 1.59. The lowest BCUT2D eigenvalue weighted by atomic mass is 9.67. The first kappa shape index (κ1) is 14.2. The largest absolute Gasteiger partial charge is 0.352 e. The molecule has 21 heavy (non-hydrogen) atoms. The zero-order valence-electron chi connectivity index (χ0n) is 12.0. The van der Waals surface area contributed by atoms with Crippen molar-refractivity contribution in [1.29, 1.82) is 0 Å². The Labute approximate surface area is 123 Å². The smallest absolute Gasteiger partial charge is 0.223 e. The number of halogens is 1. The number of amides is 1. The molecule has 2 aliphatic rings. The molecule has 0 radical (unpaired) electrons. The number of nitrogens with one attached hydrogen (secondary N) is 1. The van der Waals surface area contributed by atoms with Crippen LogP contribution in [0.1, 0.15) is 37.7 Å². The molecular formula is C17H20FNO2. The van der Waals surface area contributed by atoms with Gasteiger partial charge in [0.25, 0.3) is 0 Å². The minimum atomic E-state index is -0.298. The first-order chi connectivity index (χ1) is 10.1. The molecule has 2 aliphatic carbocycles. The van der Waals surface area contributed by atoms with E-state index in [2.05, 4.69) is 5.32 Å². The van der Waals surface area contributed by atoms with Crippen LogP contribution in [-0.4, -0.2) is 11.7 Å². The number of hydrogen-bond donors (Lipinski definition) is 1. The minimum Gasteiger partial charge on any atom is -0.352 e. The second-order valence-corrected chi connectivity index (χ2v) is 6.20. The fourth-order valence-corrected chi connectivity index (χ4v) is 3.66. The zero-order valence-corrected chi connectivity index (χ0v) is 12.0. The van der Waals surface area contributed by atoms with Crippen LogP contribution in [0.4, 0.5) is 4.39 Å². The molecule has 4 heteroatoms. The van der Waals surface area contributed by atoms with Crippen LogP contribution in [0.2, 0.25) is 0 Å². The van der Waals surface area contributed by atoms with Crippen molar-refractivity contribution in [2.45, 2.75) is 38.6 Å². The van der Waals surface area contributed by atoms with E-state index in [4.69, 9.17) is 0 Å². The maximum absolute atomic E-state index is 13.5. The average molecular weight is 289 g/mol. The highest BCUT2D eigenvalue weighted by molar-refractivity contribution is 5.88. The van der Waals surface area contributed by atoms with Crippen LogP contribution in [0.25, 0.3) is 0 Å². The molecule has 1 N–H and O–H groups in total. The van der Waals surface area contributed by atoms with E-state index in [1.807, 2.05) is 0 Å². The third kappa shape index (κ3) is 2.99. The van der Waals surface area contributed by atoms with Crippen LogP contribution in [0.3, 0.4) is 0 Å². The molecule has 3 rings (SSSR count). The van der Waals surface area contributed by atoms with Gasteiger partial charge in [-0.05, 0) is 31.7 Å². The van der Waals surface area contributed by atoms with E-state index in [0.717, 1.165) is 19.3 Å². The van der Waals surface area contributed by atoms with E-state index < -0.39 is 0 Å². The predicted octanol–water partition coefficient (Wildman–Crippen LogP) is 2.84. The van der Waals surface area contributed by atoms with Gasteiger partial charge in [0.2, 0.25) is 5.91 Å². The molecule has 112 valence electrons. The Bertz CT molecular complexity index is 541. The maximum Gasteiger partial charge on any atom is 0.223 e. The fourth-order valence-electron chi connectivity index (χ4n) is 3.66. The summed E-state index contributed by atoms with van der Waals surface area (Å²) in [5.74, 6) is 0.0729. The van der Waals surface area contributed by atoms with E-state index >= 15 is 0 Å². The van der Waals surface area contributed by atoms with Gasteiger partial charge in [-0.2, -0.15) is 0 Å². The van der Waals surface area contributed by atoms with Crippen LogP contribution >= 0.6 is 0 Å². The van der Waals surface area contributed by atoms with Crippen LogP contribution in [-0.2, 0) is 16.1 Å². The lowest BCUT2D eigenvalue weighted by Crippen LogP contribution is -2.42. The van der Waals surface area contributed by atoms with Crippen molar-refractivity contribution < 1.29 is 14.0 Å². The van der Waals surface area contributed by atoms with Gasteiger partial charge < -0.3 is 5.32 Å². The van der Waals surface area contributed by atoms with Crippen molar-refractivity contribution in [2.24, 2.45) is 17.8 Å². The standard InChI is InChI=1S/C17H20FNO2/c18-15-7-2-1-4-13(15)10-19-17(21)14-8-11-5-3-6-12(9-14)16(11)20/h1-2,4,7,11-12,14H,3,5-6,8-10H2,(H,19,21)/t11-,12-/m1/s1. The fraction of sp³-hybridized carbons (Fsp3) is 0.529. The van der Waals surface area contributed by atoms with E-state index in [1.54, 1.807) is 18.2 Å². The highest BCUT2D eigenvalue weighted by atomic mass is 19.1. The molecule has 3 nitrogen and oxygen atoms in total. The first-order valence-corrected chi connectivity index (χ1v) is 7.70. The van der Waals surface area contributed by atoms with Crippen LogP contribution < -0.4 is 5.32 Å². The predicted molar refractivity (Wildman–Crippen MR) is 76.8 cm³/mol. The molecule has 2 fully saturated rings. The summed E-state index contributed by atoms with van der Waals surface area (Å²) >= 11 is 0. The number of carbonyl (C=O) groups is 2. The molecule has 0 spiro atoms. The van der Waals surface area contributed by atoms with Gasteiger partial charge in [-0.1, -0.05) is 24.6 Å². The van der Waals surface area contributed by atoms with Crippen molar-refractivity contribution in [1.82, 2.24) is 5.32 Å². The maximum atomic E-state index is 13.5. The van der Waals surface area contributed by atoms with Crippen molar-refractivity contribution in [3.63, 3.8) is 0 Å². The second kappa shape index (κ2) is 5.96. The minimum absolute atomic E-state index is 0.0392. The summed E-state index contributed by atoms with van der Waals surface area (Å²) in [6, 6.07) is 6.46. The van der Waals surface area contributed by atoms with E-state index in [-0.39, 0.29) is 36.0 Å². The van der Waals surface area contributed by atoms with Gasteiger partial charge >= 0.3 is 0 Å². The summed E-state index contributed by atoms with van der Waals surface area (Å²) in [6.07, 6.45) is 4.28. The number of fused-ring (bicyclic) bond motifs is 2. The molecule has 2 atom stereocenters. The van der Waals surface area contributed by atoms with Crippen molar-refractivity contribution in [3.8, 4) is 0 Å². The molecule has 2 saturated carbocycles. The highest BCUT2D eigenvalue weighted by Gasteiger charge is 2.41. The molecule has 1 aromatic carbocycles. The molecule has 1 aromatic rings. The Morgan fingerprint density at radius 2 is 1.86 bits per heavy atom. The van der Waals surface area contributed by atoms with Gasteiger partial charge in [-0.3, -0.25) is 9.59 Å². The van der Waals surface area contributed by atoms with Gasteiger partial charge in [-0.15, -0.1) is 0 Å². The Morgan fingerprint density at radius 3 is 2.52 bits per heavy atom. The lowest BCUT2D eigenvalue weighted by Gasteiger charge is -2.36. The highest BCUT2D eigenvalue weighted by Crippen LogP contribution is 2.40. The summed E-state index contributed by atoms with van der Waals surface area (Å²) in [4.78, 5) is 24.3. The summed E-state index contributed by atoms with van der Waals surface area (Å²) in [5.41, 5.74) is 0.498. The van der Waals surface area contributed by atoms with E-state index in [1.165, 1.54) is 6.07 Å². The van der Waals surface area contributed by atoms with E-state index in [9.17, 15) is 14.0 Å². The van der Waals surface area contributed by atoms with Crippen LogP contribution in [0.5, 0.6) is 0 Å². The van der Waals surface area contributed by atoms with Crippen molar-refractivity contribution in [3.05, 3.63) is 35.6 Å². The van der Waals surface area contributed by atoms with Gasteiger partial charge in [-0.25, -0.2) is 4.39 Å². The number of Topliss-reactive ketones (excluding diaryl/α,β-unsaturated/α-hetero) is 1. The summed E-state index contributed by atoms with van der Waals surface area (Å²) in [6.45, 7) is 0.214. The van der Waals surface area contributed by atoms with Crippen LogP contribution in [0.15, 0.2) is 24.3 Å². The molecule has 1 amide bonds. The van der Waals surface area contributed by atoms with Gasteiger partial charge in [0.15, 0.2) is 0 Å². The molecular weight excluding hydrogens is 269 g/mol. The van der Waals surface area contributed by atoms with Gasteiger partial charge in [0.05, 0.1) is 0 Å². The number of rotatable bonds is 3. The Hall–Kier alpha value is -1.71. The van der Waals surface area contributed by atoms with Crippen LogP contribution in [0, 0.1) is 23.6 Å². The summed E-state index contributed by atoms with van der Waals surface area (Å²) in [5, 5.41) is 2.82. The third-order valence-corrected chi connectivity index (χ3v) is 4.83. The van der Waals surface area contributed by atoms with Crippen molar-refractivity contribution >= 4 is 11.7 Å². The normalized spacial score (nSPS) is 28.2. The number of ketones is 1. The molecule has 0 heterocycles. The summed E-state index contributed by atoms with van der Waals surface area (Å²) in [7, 11) is 0. The molecule has 0 unspecified atom stereocenters. The monoisotopic (exact) mass is 289 g/mol. The average Bonchev–Trinajstić information content (AvgIpc) is 2.46. The number of carbonyl (C=O) groups excluding carboxylic acids is 2. The first-order valence-electron chi connectivity index (χ1n) is 7.70. The lowest BCUT2D eigenvalue weighted by molar-refractivity contribution is -0.137.